The van der Waals surface area contributed by atoms with Crippen molar-refractivity contribution in [3.05, 3.63) is 35.4 Å². The molecule has 1 fully saturated rings. The van der Waals surface area contributed by atoms with Crippen molar-refractivity contribution in [3.8, 4) is 0 Å². The minimum atomic E-state index is 0.130. The standard InChI is InChI=1S/C16H23NO2/c1-2-13-5-7-15(8-6-13)16(19)17-10-3-4-14(12-17)9-11-18/h5-8,14,18H,2-4,9-12H2,1H3. The van der Waals surface area contributed by atoms with Crippen molar-refractivity contribution in [3.63, 3.8) is 0 Å². The van der Waals surface area contributed by atoms with E-state index in [1.807, 2.05) is 29.2 Å². The highest BCUT2D eigenvalue weighted by Crippen LogP contribution is 2.21. The van der Waals surface area contributed by atoms with Gasteiger partial charge in [0.25, 0.3) is 5.91 Å². The van der Waals surface area contributed by atoms with E-state index in [1.54, 1.807) is 0 Å². The number of hydrogen-bond donors (Lipinski definition) is 1. The lowest BCUT2D eigenvalue weighted by molar-refractivity contribution is 0.0653. The maximum absolute atomic E-state index is 12.4. The van der Waals surface area contributed by atoms with Gasteiger partial charge >= 0.3 is 0 Å². The molecule has 1 aliphatic rings. The second-order valence-corrected chi connectivity index (χ2v) is 5.32. The SMILES string of the molecule is CCc1ccc(C(=O)N2CCCC(CCO)C2)cc1. The van der Waals surface area contributed by atoms with Crippen LogP contribution in [-0.4, -0.2) is 35.6 Å². The molecular weight excluding hydrogens is 238 g/mol. The summed E-state index contributed by atoms with van der Waals surface area (Å²) in [6.07, 6.45) is 3.97. The third kappa shape index (κ3) is 3.57. The summed E-state index contributed by atoms with van der Waals surface area (Å²) in [4.78, 5) is 14.3. The minimum absolute atomic E-state index is 0.130. The largest absolute Gasteiger partial charge is 0.396 e. The Bertz CT molecular complexity index is 411. The summed E-state index contributed by atoms with van der Waals surface area (Å²) in [5.41, 5.74) is 2.04. The molecule has 0 spiro atoms. The van der Waals surface area contributed by atoms with Gasteiger partial charge in [0.05, 0.1) is 0 Å². The fourth-order valence-electron chi connectivity index (χ4n) is 2.73. The van der Waals surface area contributed by atoms with Crippen molar-refractivity contribution >= 4 is 5.91 Å². The lowest BCUT2D eigenvalue weighted by Crippen LogP contribution is -2.40. The Morgan fingerprint density at radius 1 is 1.37 bits per heavy atom. The van der Waals surface area contributed by atoms with Gasteiger partial charge in [0.1, 0.15) is 0 Å². The Morgan fingerprint density at radius 2 is 2.11 bits per heavy atom. The average molecular weight is 261 g/mol. The normalized spacial score (nSPS) is 19.5. The van der Waals surface area contributed by atoms with Crippen LogP contribution in [0.3, 0.4) is 0 Å². The number of rotatable bonds is 4. The predicted molar refractivity (Wildman–Crippen MR) is 76.2 cm³/mol. The van der Waals surface area contributed by atoms with Gasteiger partial charge < -0.3 is 10.0 Å². The summed E-state index contributed by atoms with van der Waals surface area (Å²) in [7, 11) is 0. The van der Waals surface area contributed by atoms with Crippen LogP contribution in [0.1, 0.15) is 42.1 Å². The molecule has 3 heteroatoms. The van der Waals surface area contributed by atoms with E-state index >= 15 is 0 Å². The Morgan fingerprint density at radius 3 is 2.74 bits per heavy atom. The van der Waals surface area contributed by atoms with Crippen LogP contribution in [0.25, 0.3) is 0 Å². The van der Waals surface area contributed by atoms with Crippen LogP contribution >= 0.6 is 0 Å². The first kappa shape index (κ1) is 14.1. The molecule has 1 heterocycles. The maximum Gasteiger partial charge on any atom is 0.253 e. The Balaban J connectivity index is 2.01. The molecule has 0 aliphatic carbocycles. The topological polar surface area (TPSA) is 40.5 Å². The Hall–Kier alpha value is -1.35. The fraction of sp³-hybridized carbons (Fsp3) is 0.562. The lowest BCUT2D eigenvalue weighted by Gasteiger charge is -2.32. The molecule has 1 aliphatic heterocycles. The fourth-order valence-corrected chi connectivity index (χ4v) is 2.73. The summed E-state index contributed by atoms with van der Waals surface area (Å²) < 4.78 is 0. The number of likely N-dealkylation sites (tertiary alicyclic amines) is 1. The van der Waals surface area contributed by atoms with E-state index in [2.05, 4.69) is 6.92 Å². The minimum Gasteiger partial charge on any atom is -0.396 e. The van der Waals surface area contributed by atoms with Crippen LogP contribution in [0.4, 0.5) is 0 Å². The molecule has 1 unspecified atom stereocenters. The molecule has 0 aromatic heterocycles. The number of piperidine rings is 1. The van der Waals surface area contributed by atoms with Gasteiger partial charge in [0.15, 0.2) is 0 Å². The first-order chi connectivity index (χ1) is 9.24. The molecule has 1 saturated heterocycles. The smallest absolute Gasteiger partial charge is 0.253 e. The van der Waals surface area contributed by atoms with E-state index in [-0.39, 0.29) is 12.5 Å². The van der Waals surface area contributed by atoms with Gasteiger partial charge in [-0.25, -0.2) is 0 Å². The van der Waals surface area contributed by atoms with Gasteiger partial charge in [-0.15, -0.1) is 0 Å². The maximum atomic E-state index is 12.4. The van der Waals surface area contributed by atoms with Crippen LogP contribution in [0.15, 0.2) is 24.3 Å². The zero-order valence-corrected chi connectivity index (χ0v) is 11.6. The Labute approximate surface area is 115 Å². The molecule has 1 amide bonds. The predicted octanol–water partition coefficient (Wildman–Crippen LogP) is 2.48. The average Bonchev–Trinajstić information content (AvgIpc) is 2.47. The van der Waals surface area contributed by atoms with E-state index in [0.29, 0.717) is 5.92 Å². The molecule has 0 saturated carbocycles. The summed E-state index contributed by atoms with van der Waals surface area (Å²) in [5, 5.41) is 9.01. The summed E-state index contributed by atoms with van der Waals surface area (Å²) in [6.45, 7) is 3.96. The molecule has 0 bridgehead atoms. The molecule has 1 aromatic rings. The number of hydrogen-bond acceptors (Lipinski definition) is 2. The number of benzene rings is 1. The molecule has 3 nitrogen and oxygen atoms in total. The van der Waals surface area contributed by atoms with Crippen molar-refractivity contribution in [2.75, 3.05) is 19.7 Å². The van der Waals surface area contributed by atoms with Crippen LogP contribution in [0.2, 0.25) is 0 Å². The van der Waals surface area contributed by atoms with Gasteiger partial charge in [-0.3, -0.25) is 4.79 Å². The molecule has 1 aromatic carbocycles. The van der Waals surface area contributed by atoms with Crippen LogP contribution in [0, 0.1) is 5.92 Å². The van der Waals surface area contributed by atoms with E-state index in [1.165, 1.54) is 5.56 Å². The van der Waals surface area contributed by atoms with E-state index < -0.39 is 0 Å². The monoisotopic (exact) mass is 261 g/mol. The van der Waals surface area contributed by atoms with Crippen LogP contribution in [0.5, 0.6) is 0 Å². The number of aryl methyl sites for hydroxylation is 1. The summed E-state index contributed by atoms with van der Waals surface area (Å²) >= 11 is 0. The van der Waals surface area contributed by atoms with Crippen molar-refractivity contribution in [2.45, 2.75) is 32.6 Å². The van der Waals surface area contributed by atoms with Crippen LogP contribution < -0.4 is 0 Å². The third-order valence-electron chi connectivity index (χ3n) is 3.95. The van der Waals surface area contributed by atoms with Crippen molar-refractivity contribution in [1.29, 1.82) is 0 Å². The van der Waals surface area contributed by atoms with Crippen LogP contribution in [-0.2, 0) is 6.42 Å². The van der Waals surface area contributed by atoms with E-state index in [0.717, 1.165) is 44.3 Å². The highest BCUT2D eigenvalue weighted by atomic mass is 16.3. The molecule has 2 rings (SSSR count). The van der Waals surface area contributed by atoms with Gasteiger partial charge in [-0.05, 0) is 49.3 Å². The number of carbonyl (C=O) groups excluding carboxylic acids is 1. The first-order valence-corrected chi connectivity index (χ1v) is 7.23. The zero-order chi connectivity index (χ0) is 13.7. The second-order valence-electron chi connectivity index (χ2n) is 5.32. The number of amides is 1. The third-order valence-corrected chi connectivity index (χ3v) is 3.95. The van der Waals surface area contributed by atoms with Gasteiger partial charge in [-0.1, -0.05) is 19.1 Å². The lowest BCUT2D eigenvalue weighted by atomic mass is 9.94. The quantitative estimate of drug-likeness (QED) is 0.904. The zero-order valence-electron chi connectivity index (χ0n) is 11.6. The van der Waals surface area contributed by atoms with Gasteiger partial charge in [-0.2, -0.15) is 0 Å². The number of nitrogens with zero attached hydrogens (tertiary/aromatic N) is 1. The summed E-state index contributed by atoms with van der Waals surface area (Å²) in [6, 6.07) is 7.92. The van der Waals surface area contributed by atoms with E-state index in [4.69, 9.17) is 5.11 Å². The number of carbonyl (C=O) groups is 1. The Kier molecular flexibility index (Phi) is 4.97. The highest BCUT2D eigenvalue weighted by molar-refractivity contribution is 5.94. The molecule has 19 heavy (non-hydrogen) atoms. The number of aliphatic hydroxyl groups excluding tert-OH is 1. The van der Waals surface area contributed by atoms with Gasteiger partial charge in [0, 0.05) is 25.3 Å². The van der Waals surface area contributed by atoms with Crippen molar-refractivity contribution in [2.24, 2.45) is 5.92 Å². The second kappa shape index (κ2) is 6.71. The van der Waals surface area contributed by atoms with Crippen molar-refractivity contribution < 1.29 is 9.90 Å². The highest BCUT2D eigenvalue weighted by Gasteiger charge is 2.23. The molecule has 1 atom stereocenters. The molecule has 1 N–H and O–H groups in total. The first-order valence-electron chi connectivity index (χ1n) is 7.23. The number of aliphatic hydroxyl groups is 1. The molecule has 104 valence electrons. The van der Waals surface area contributed by atoms with E-state index in [9.17, 15) is 4.79 Å². The summed E-state index contributed by atoms with van der Waals surface area (Å²) in [5.74, 6) is 0.586. The molecular formula is C16H23NO2. The van der Waals surface area contributed by atoms with Crippen molar-refractivity contribution in [1.82, 2.24) is 4.90 Å². The van der Waals surface area contributed by atoms with Gasteiger partial charge in [0.2, 0.25) is 0 Å². The molecule has 0 radical (unpaired) electrons.